The Hall–Kier alpha value is -3.67. The summed E-state index contributed by atoms with van der Waals surface area (Å²) >= 11 is 0. The van der Waals surface area contributed by atoms with Crippen molar-refractivity contribution in [2.45, 2.75) is 25.4 Å². The first kappa shape index (κ1) is 17.4. The minimum Gasteiger partial charge on any atom is -0.464 e. The summed E-state index contributed by atoms with van der Waals surface area (Å²) in [5.41, 5.74) is 4.36. The van der Waals surface area contributed by atoms with Crippen molar-refractivity contribution in [2.75, 3.05) is 0 Å². The first-order chi connectivity index (χ1) is 14.1. The van der Waals surface area contributed by atoms with Gasteiger partial charge >= 0.3 is 0 Å². The van der Waals surface area contributed by atoms with Crippen LogP contribution in [0.2, 0.25) is 0 Å². The first-order valence-electron chi connectivity index (χ1n) is 9.52. The fourth-order valence-corrected chi connectivity index (χ4v) is 4.09. The van der Waals surface area contributed by atoms with Gasteiger partial charge in [0.05, 0.1) is 6.26 Å². The van der Waals surface area contributed by atoms with E-state index in [4.69, 9.17) is 4.42 Å². The number of amides is 3. The van der Waals surface area contributed by atoms with Crippen LogP contribution in [0.4, 0.5) is 0 Å². The topological polar surface area (TPSA) is 79.6 Å². The molecule has 3 heterocycles. The van der Waals surface area contributed by atoms with Gasteiger partial charge in [0.2, 0.25) is 11.8 Å². The molecule has 5 rings (SSSR count). The van der Waals surface area contributed by atoms with Gasteiger partial charge in [-0.1, -0.05) is 36.4 Å². The maximum absolute atomic E-state index is 12.9. The smallest absolute Gasteiger partial charge is 0.255 e. The first-order valence-corrected chi connectivity index (χ1v) is 9.52. The van der Waals surface area contributed by atoms with Crippen molar-refractivity contribution in [2.24, 2.45) is 0 Å². The normalized spacial score (nSPS) is 18.7. The SMILES string of the molecule is O=C1CCC(N2Cc3cc(-c4ccoc4-c4ccccc4)ccc3C2=O)C(=O)N1. The van der Waals surface area contributed by atoms with E-state index in [2.05, 4.69) is 5.32 Å². The molecule has 3 aromatic rings. The van der Waals surface area contributed by atoms with Gasteiger partial charge in [-0.2, -0.15) is 0 Å². The maximum Gasteiger partial charge on any atom is 0.255 e. The molecule has 0 aliphatic carbocycles. The zero-order chi connectivity index (χ0) is 20.0. The summed E-state index contributed by atoms with van der Waals surface area (Å²) in [4.78, 5) is 38.0. The molecule has 2 aliphatic heterocycles. The van der Waals surface area contributed by atoms with Gasteiger partial charge in [-0.3, -0.25) is 19.7 Å². The van der Waals surface area contributed by atoms with Crippen molar-refractivity contribution in [3.8, 4) is 22.5 Å². The minimum absolute atomic E-state index is 0.170. The number of imide groups is 1. The van der Waals surface area contributed by atoms with E-state index in [9.17, 15) is 14.4 Å². The molecule has 0 saturated carbocycles. The Kier molecular flexibility index (Phi) is 4.05. The third-order valence-corrected chi connectivity index (χ3v) is 5.54. The molecule has 144 valence electrons. The molecule has 1 fully saturated rings. The number of furan rings is 1. The van der Waals surface area contributed by atoms with Crippen LogP contribution in [-0.2, 0) is 16.1 Å². The van der Waals surface area contributed by atoms with E-state index in [1.807, 2.05) is 48.5 Å². The van der Waals surface area contributed by atoms with E-state index in [-0.39, 0.29) is 18.2 Å². The second-order valence-corrected chi connectivity index (χ2v) is 7.30. The third-order valence-electron chi connectivity index (χ3n) is 5.54. The molecule has 1 aromatic heterocycles. The summed E-state index contributed by atoms with van der Waals surface area (Å²) in [7, 11) is 0. The zero-order valence-corrected chi connectivity index (χ0v) is 15.6. The number of rotatable bonds is 3. The summed E-state index contributed by atoms with van der Waals surface area (Å²) in [5, 5.41) is 2.33. The second-order valence-electron chi connectivity index (χ2n) is 7.30. The summed E-state index contributed by atoms with van der Waals surface area (Å²) in [6, 6.07) is 16.9. The molecule has 2 aliphatic rings. The Balaban J connectivity index is 1.47. The quantitative estimate of drug-likeness (QED) is 0.700. The summed E-state index contributed by atoms with van der Waals surface area (Å²) in [6.45, 7) is 0.354. The van der Waals surface area contributed by atoms with Crippen molar-refractivity contribution in [1.29, 1.82) is 0 Å². The standard InChI is InChI=1S/C23H18N2O4/c26-20-9-8-19(22(27)24-20)25-13-16-12-15(6-7-18(16)23(25)28)17-10-11-29-21(17)14-4-2-1-3-5-14/h1-7,10-12,19H,8-9,13H2,(H,24,26,27). The number of piperidine rings is 1. The minimum atomic E-state index is -0.607. The van der Waals surface area contributed by atoms with Crippen molar-refractivity contribution in [3.63, 3.8) is 0 Å². The Morgan fingerprint density at radius 1 is 0.931 bits per heavy atom. The van der Waals surface area contributed by atoms with Gasteiger partial charge in [-0.15, -0.1) is 0 Å². The number of nitrogens with one attached hydrogen (secondary N) is 1. The number of fused-ring (bicyclic) bond motifs is 1. The summed E-state index contributed by atoms with van der Waals surface area (Å²) in [6.07, 6.45) is 2.26. The predicted octanol–water partition coefficient (Wildman–Crippen LogP) is 3.37. The maximum atomic E-state index is 12.9. The van der Waals surface area contributed by atoms with E-state index in [1.165, 1.54) is 0 Å². The van der Waals surface area contributed by atoms with Gasteiger partial charge in [-0.05, 0) is 35.7 Å². The number of hydrogen-bond acceptors (Lipinski definition) is 4. The zero-order valence-electron chi connectivity index (χ0n) is 15.6. The molecule has 2 aromatic carbocycles. The Morgan fingerprint density at radius 3 is 2.55 bits per heavy atom. The van der Waals surface area contributed by atoms with Gasteiger partial charge < -0.3 is 9.32 Å². The van der Waals surface area contributed by atoms with Crippen molar-refractivity contribution in [3.05, 3.63) is 72.0 Å². The lowest BCUT2D eigenvalue weighted by atomic mass is 9.98. The molecule has 0 bridgehead atoms. The Bertz CT molecular complexity index is 1130. The average Bonchev–Trinajstić information content (AvgIpc) is 3.34. The summed E-state index contributed by atoms with van der Waals surface area (Å²) in [5.74, 6) is -0.0802. The number of carbonyl (C=O) groups excluding carboxylic acids is 3. The van der Waals surface area contributed by atoms with E-state index in [1.54, 1.807) is 17.2 Å². The Morgan fingerprint density at radius 2 is 1.76 bits per heavy atom. The van der Waals surface area contributed by atoms with Gasteiger partial charge in [0.25, 0.3) is 5.91 Å². The van der Waals surface area contributed by atoms with E-state index >= 15 is 0 Å². The molecule has 0 radical (unpaired) electrons. The molecule has 1 N–H and O–H groups in total. The van der Waals surface area contributed by atoms with Crippen LogP contribution in [0.25, 0.3) is 22.5 Å². The van der Waals surface area contributed by atoms with E-state index in [0.717, 1.165) is 28.0 Å². The lowest BCUT2D eigenvalue weighted by Crippen LogP contribution is -2.52. The number of hydrogen-bond donors (Lipinski definition) is 1. The van der Waals surface area contributed by atoms with Crippen LogP contribution in [-0.4, -0.2) is 28.7 Å². The second kappa shape index (κ2) is 6.74. The molecule has 1 unspecified atom stereocenters. The van der Waals surface area contributed by atoms with Gasteiger partial charge in [0.1, 0.15) is 11.8 Å². The van der Waals surface area contributed by atoms with Crippen LogP contribution >= 0.6 is 0 Å². The van der Waals surface area contributed by atoms with Crippen LogP contribution in [0.1, 0.15) is 28.8 Å². The van der Waals surface area contributed by atoms with Crippen LogP contribution in [0.15, 0.2) is 65.3 Å². The molecular weight excluding hydrogens is 368 g/mol. The fraction of sp³-hybridized carbons (Fsp3) is 0.174. The lowest BCUT2D eigenvalue weighted by Gasteiger charge is -2.29. The number of carbonyl (C=O) groups is 3. The largest absolute Gasteiger partial charge is 0.464 e. The third kappa shape index (κ3) is 2.93. The van der Waals surface area contributed by atoms with E-state index in [0.29, 0.717) is 18.5 Å². The fourth-order valence-electron chi connectivity index (χ4n) is 4.09. The Labute approximate surface area is 167 Å². The van der Waals surface area contributed by atoms with Crippen molar-refractivity contribution in [1.82, 2.24) is 10.2 Å². The van der Waals surface area contributed by atoms with Crippen molar-refractivity contribution < 1.29 is 18.8 Å². The molecule has 6 nitrogen and oxygen atoms in total. The highest BCUT2D eigenvalue weighted by molar-refractivity contribution is 6.05. The van der Waals surface area contributed by atoms with Crippen LogP contribution in [0.5, 0.6) is 0 Å². The van der Waals surface area contributed by atoms with Crippen LogP contribution in [0, 0.1) is 0 Å². The van der Waals surface area contributed by atoms with E-state index < -0.39 is 11.9 Å². The summed E-state index contributed by atoms with van der Waals surface area (Å²) < 4.78 is 5.72. The lowest BCUT2D eigenvalue weighted by molar-refractivity contribution is -0.136. The molecule has 3 amide bonds. The highest BCUT2D eigenvalue weighted by Gasteiger charge is 2.39. The predicted molar refractivity (Wildman–Crippen MR) is 106 cm³/mol. The van der Waals surface area contributed by atoms with Crippen LogP contribution < -0.4 is 5.32 Å². The molecule has 6 heteroatoms. The van der Waals surface area contributed by atoms with Gasteiger partial charge in [0.15, 0.2) is 0 Å². The average molecular weight is 386 g/mol. The molecular formula is C23H18N2O4. The monoisotopic (exact) mass is 386 g/mol. The van der Waals surface area contributed by atoms with Crippen molar-refractivity contribution >= 4 is 17.7 Å². The van der Waals surface area contributed by atoms with Gasteiger partial charge in [-0.25, -0.2) is 0 Å². The number of nitrogens with zero attached hydrogens (tertiary/aromatic N) is 1. The molecule has 29 heavy (non-hydrogen) atoms. The molecule has 1 atom stereocenters. The van der Waals surface area contributed by atoms with Gasteiger partial charge in [0, 0.05) is 29.7 Å². The highest BCUT2D eigenvalue weighted by Crippen LogP contribution is 2.36. The number of benzene rings is 2. The highest BCUT2D eigenvalue weighted by atomic mass is 16.3. The molecule has 0 spiro atoms. The molecule has 1 saturated heterocycles. The van der Waals surface area contributed by atoms with Crippen LogP contribution in [0.3, 0.4) is 0 Å².